The molecule has 16 heavy (non-hydrogen) atoms. The maximum absolute atomic E-state index is 12.5. The zero-order chi connectivity index (χ0) is 12.4. The molecule has 2 fully saturated rings. The fourth-order valence-electron chi connectivity index (χ4n) is 2.65. The Bertz CT molecular complexity index is 282. The summed E-state index contributed by atoms with van der Waals surface area (Å²) in [6, 6.07) is 0. The Labute approximate surface area is 88.0 Å². The second-order valence-electron chi connectivity index (χ2n) is 4.83. The fourth-order valence-corrected chi connectivity index (χ4v) is 2.65. The van der Waals surface area contributed by atoms with Crippen LogP contribution in [0.3, 0.4) is 0 Å². The van der Waals surface area contributed by atoms with E-state index in [2.05, 4.69) is 0 Å². The summed E-state index contributed by atoms with van der Waals surface area (Å²) in [5, 5.41) is 0. The van der Waals surface area contributed by atoms with Crippen molar-refractivity contribution < 1.29 is 26.3 Å². The SMILES string of the molecule is NC1(C2(C(C(F)(F)F)C(F)(F)F)CC2)CC1. The van der Waals surface area contributed by atoms with E-state index in [9.17, 15) is 26.3 Å². The Morgan fingerprint density at radius 3 is 1.38 bits per heavy atom. The van der Waals surface area contributed by atoms with E-state index < -0.39 is 29.2 Å². The second kappa shape index (κ2) is 2.86. The summed E-state index contributed by atoms with van der Waals surface area (Å²) in [5.41, 5.74) is 2.55. The molecule has 2 aliphatic carbocycles. The first-order chi connectivity index (χ1) is 7.03. The van der Waals surface area contributed by atoms with Crippen molar-refractivity contribution in [3.63, 3.8) is 0 Å². The van der Waals surface area contributed by atoms with Crippen LogP contribution >= 0.6 is 0 Å². The molecule has 2 saturated carbocycles. The minimum absolute atomic E-state index is 0.0762. The topological polar surface area (TPSA) is 26.0 Å². The normalized spacial score (nSPS) is 27.0. The maximum Gasteiger partial charge on any atom is 0.401 e. The Kier molecular flexibility index (Phi) is 2.15. The van der Waals surface area contributed by atoms with Crippen LogP contribution in [0.5, 0.6) is 0 Å². The summed E-state index contributed by atoms with van der Waals surface area (Å²) >= 11 is 0. The Balaban J connectivity index is 2.34. The largest absolute Gasteiger partial charge is 0.401 e. The quantitative estimate of drug-likeness (QED) is 0.746. The number of halogens is 6. The van der Waals surface area contributed by atoms with Gasteiger partial charge in [-0.05, 0) is 25.7 Å². The second-order valence-corrected chi connectivity index (χ2v) is 4.83. The Hall–Kier alpha value is -0.460. The van der Waals surface area contributed by atoms with Gasteiger partial charge in [0.2, 0.25) is 0 Å². The van der Waals surface area contributed by atoms with Crippen molar-refractivity contribution in [3.8, 4) is 0 Å². The van der Waals surface area contributed by atoms with Gasteiger partial charge in [-0.2, -0.15) is 26.3 Å². The molecule has 2 aliphatic rings. The van der Waals surface area contributed by atoms with Crippen molar-refractivity contribution in [1.29, 1.82) is 0 Å². The minimum Gasteiger partial charge on any atom is -0.325 e. The van der Waals surface area contributed by atoms with Crippen molar-refractivity contribution in [2.75, 3.05) is 0 Å². The van der Waals surface area contributed by atoms with Crippen molar-refractivity contribution >= 4 is 0 Å². The van der Waals surface area contributed by atoms with E-state index >= 15 is 0 Å². The number of rotatable bonds is 2. The summed E-state index contributed by atoms with van der Waals surface area (Å²) in [4.78, 5) is 0. The average molecular weight is 247 g/mol. The van der Waals surface area contributed by atoms with E-state index in [-0.39, 0.29) is 25.7 Å². The third-order valence-corrected chi connectivity index (χ3v) is 3.78. The minimum atomic E-state index is -5.26. The Morgan fingerprint density at radius 1 is 0.812 bits per heavy atom. The highest BCUT2D eigenvalue weighted by molar-refractivity contribution is 5.23. The molecule has 7 heteroatoms. The van der Waals surface area contributed by atoms with Crippen LogP contribution in [0, 0.1) is 11.3 Å². The van der Waals surface area contributed by atoms with Crippen molar-refractivity contribution in [1.82, 2.24) is 0 Å². The molecule has 0 radical (unpaired) electrons. The maximum atomic E-state index is 12.5. The van der Waals surface area contributed by atoms with E-state index in [0.29, 0.717) is 0 Å². The standard InChI is InChI=1S/C9H11F6N/c10-8(11,12)5(9(13,14)15)6(1-2-6)7(16)3-4-7/h5H,1-4,16H2. The molecule has 0 aliphatic heterocycles. The van der Waals surface area contributed by atoms with Crippen LogP contribution in [0.15, 0.2) is 0 Å². The highest BCUT2D eigenvalue weighted by Gasteiger charge is 2.78. The van der Waals surface area contributed by atoms with Crippen LogP contribution in [0.1, 0.15) is 25.7 Å². The summed E-state index contributed by atoms with van der Waals surface area (Å²) < 4.78 is 75.2. The van der Waals surface area contributed by atoms with Crippen LogP contribution < -0.4 is 5.73 Å². The summed E-state index contributed by atoms with van der Waals surface area (Å²) in [6.07, 6.45) is -10.2. The number of hydrogen-bond acceptors (Lipinski definition) is 1. The molecular formula is C9H11F6N. The van der Waals surface area contributed by atoms with Crippen LogP contribution in [0.4, 0.5) is 26.3 Å². The van der Waals surface area contributed by atoms with Gasteiger partial charge < -0.3 is 5.73 Å². The predicted molar refractivity (Wildman–Crippen MR) is 43.4 cm³/mol. The van der Waals surface area contributed by atoms with Gasteiger partial charge >= 0.3 is 12.4 Å². The molecule has 0 bridgehead atoms. The molecule has 0 atom stereocenters. The molecule has 0 aromatic heterocycles. The zero-order valence-corrected chi connectivity index (χ0v) is 8.25. The Morgan fingerprint density at radius 2 is 1.19 bits per heavy atom. The molecule has 0 amide bonds. The van der Waals surface area contributed by atoms with Gasteiger partial charge in [0.15, 0.2) is 5.92 Å². The third kappa shape index (κ3) is 1.59. The van der Waals surface area contributed by atoms with E-state index in [0.717, 1.165) is 0 Å². The summed E-state index contributed by atoms with van der Waals surface area (Å²) in [6.45, 7) is 0. The van der Waals surface area contributed by atoms with Gasteiger partial charge in [0, 0.05) is 11.0 Å². The molecule has 0 spiro atoms. The molecule has 2 N–H and O–H groups in total. The molecular weight excluding hydrogens is 236 g/mol. The molecule has 2 rings (SSSR count). The van der Waals surface area contributed by atoms with Crippen molar-refractivity contribution in [2.24, 2.45) is 17.1 Å². The van der Waals surface area contributed by atoms with Gasteiger partial charge in [-0.25, -0.2) is 0 Å². The van der Waals surface area contributed by atoms with Crippen LogP contribution in [0.25, 0.3) is 0 Å². The third-order valence-electron chi connectivity index (χ3n) is 3.78. The van der Waals surface area contributed by atoms with Crippen molar-refractivity contribution in [3.05, 3.63) is 0 Å². The lowest BCUT2D eigenvalue weighted by Gasteiger charge is -2.34. The van der Waals surface area contributed by atoms with Gasteiger partial charge in [0.05, 0.1) is 0 Å². The smallest absolute Gasteiger partial charge is 0.325 e. The fraction of sp³-hybridized carbons (Fsp3) is 1.00. The zero-order valence-electron chi connectivity index (χ0n) is 8.25. The van der Waals surface area contributed by atoms with Crippen molar-refractivity contribution in [2.45, 2.75) is 43.6 Å². The van der Waals surface area contributed by atoms with Crippen LogP contribution in [-0.4, -0.2) is 17.9 Å². The lowest BCUT2D eigenvalue weighted by Crippen LogP contribution is -2.51. The molecule has 0 aromatic rings. The van der Waals surface area contributed by atoms with Gasteiger partial charge in [-0.3, -0.25) is 0 Å². The van der Waals surface area contributed by atoms with Gasteiger partial charge in [-0.1, -0.05) is 0 Å². The lowest BCUT2D eigenvalue weighted by atomic mass is 9.79. The number of hydrogen-bond donors (Lipinski definition) is 1. The van der Waals surface area contributed by atoms with Gasteiger partial charge in [0.25, 0.3) is 0 Å². The van der Waals surface area contributed by atoms with E-state index in [1.54, 1.807) is 0 Å². The molecule has 0 aromatic carbocycles. The highest BCUT2D eigenvalue weighted by Crippen LogP contribution is 2.71. The molecule has 0 saturated heterocycles. The van der Waals surface area contributed by atoms with Crippen LogP contribution in [-0.2, 0) is 0 Å². The number of alkyl halides is 6. The first-order valence-corrected chi connectivity index (χ1v) is 4.95. The van der Waals surface area contributed by atoms with E-state index in [4.69, 9.17) is 5.73 Å². The lowest BCUT2D eigenvalue weighted by molar-refractivity contribution is -0.306. The highest BCUT2D eigenvalue weighted by atomic mass is 19.4. The van der Waals surface area contributed by atoms with Crippen LogP contribution in [0.2, 0.25) is 0 Å². The van der Waals surface area contributed by atoms with E-state index in [1.807, 2.05) is 0 Å². The summed E-state index contributed by atoms with van der Waals surface area (Å²) in [5.74, 6) is -3.26. The van der Waals surface area contributed by atoms with Gasteiger partial charge in [-0.15, -0.1) is 0 Å². The first-order valence-electron chi connectivity index (χ1n) is 4.95. The van der Waals surface area contributed by atoms with Gasteiger partial charge in [0.1, 0.15) is 0 Å². The first kappa shape index (κ1) is 12.0. The average Bonchev–Trinajstić information content (AvgIpc) is 2.81. The van der Waals surface area contributed by atoms with E-state index in [1.165, 1.54) is 0 Å². The predicted octanol–water partition coefficient (Wildman–Crippen LogP) is 3.00. The molecule has 1 nitrogen and oxygen atoms in total. The molecule has 94 valence electrons. The monoisotopic (exact) mass is 247 g/mol. The number of nitrogens with two attached hydrogens (primary N) is 1. The molecule has 0 unspecified atom stereocenters. The summed E-state index contributed by atoms with van der Waals surface area (Å²) in [7, 11) is 0. The molecule has 0 heterocycles.